The standard InChI is InChI=1S/C13H20N2O2/c1-5-12(16)15-11-9-10(7-8-14-11)17-13(3,4)6-2/h7-9H,5-6H2,1-4H3,(H,14,15,16). The molecule has 94 valence electrons. The van der Waals surface area contributed by atoms with Gasteiger partial charge in [0.05, 0.1) is 0 Å². The molecule has 0 aliphatic rings. The highest BCUT2D eigenvalue weighted by atomic mass is 16.5. The zero-order chi connectivity index (χ0) is 12.9. The van der Waals surface area contributed by atoms with Crippen LogP contribution in [-0.4, -0.2) is 16.5 Å². The van der Waals surface area contributed by atoms with Crippen LogP contribution >= 0.6 is 0 Å². The van der Waals surface area contributed by atoms with Crippen LogP contribution in [0.25, 0.3) is 0 Å². The van der Waals surface area contributed by atoms with Gasteiger partial charge in [-0.05, 0) is 26.3 Å². The summed E-state index contributed by atoms with van der Waals surface area (Å²) in [5.74, 6) is 1.20. The molecule has 1 rings (SSSR count). The Hall–Kier alpha value is -1.58. The summed E-state index contributed by atoms with van der Waals surface area (Å²) in [7, 11) is 0. The SMILES string of the molecule is CCC(=O)Nc1cc(OC(C)(C)CC)ccn1. The van der Waals surface area contributed by atoms with Crippen molar-refractivity contribution in [3.05, 3.63) is 18.3 Å². The number of hydrogen-bond acceptors (Lipinski definition) is 3. The summed E-state index contributed by atoms with van der Waals surface area (Å²) in [4.78, 5) is 15.3. The summed E-state index contributed by atoms with van der Waals surface area (Å²) in [6, 6.07) is 3.53. The molecule has 0 fully saturated rings. The van der Waals surface area contributed by atoms with Gasteiger partial charge in [0, 0.05) is 18.7 Å². The monoisotopic (exact) mass is 236 g/mol. The number of rotatable bonds is 5. The molecule has 0 aromatic carbocycles. The normalized spacial score (nSPS) is 11.1. The first-order valence-corrected chi connectivity index (χ1v) is 5.91. The second-order valence-electron chi connectivity index (χ2n) is 4.49. The number of ether oxygens (including phenoxy) is 1. The van der Waals surface area contributed by atoms with E-state index in [0.29, 0.717) is 12.2 Å². The molecule has 0 spiro atoms. The summed E-state index contributed by atoms with van der Waals surface area (Å²) >= 11 is 0. The number of anilines is 1. The molecule has 1 heterocycles. The highest BCUT2D eigenvalue weighted by Crippen LogP contribution is 2.22. The van der Waals surface area contributed by atoms with Gasteiger partial charge in [0.15, 0.2) is 0 Å². The van der Waals surface area contributed by atoms with Crippen LogP contribution in [0.2, 0.25) is 0 Å². The van der Waals surface area contributed by atoms with Crippen molar-refractivity contribution in [2.75, 3.05) is 5.32 Å². The zero-order valence-electron chi connectivity index (χ0n) is 10.9. The smallest absolute Gasteiger partial charge is 0.225 e. The van der Waals surface area contributed by atoms with Gasteiger partial charge >= 0.3 is 0 Å². The molecule has 1 aromatic heterocycles. The largest absolute Gasteiger partial charge is 0.488 e. The van der Waals surface area contributed by atoms with E-state index in [2.05, 4.69) is 17.2 Å². The molecule has 0 atom stereocenters. The number of nitrogens with zero attached hydrogens (tertiary/aromatic N) is 1. The number of nitrogens with one attached hydrogen (secondary N) is 1. The van der Waals surface area contributed by atoms with Crippen molar-refractivity contribution in [2.24, 2.45) is 0 Å². The van der Waals surface area contributed by atoms with Gasteiger partial charge in [-0.15, -0.1) is 0 Å². The Balaban J connectivity index is 2.75. The minimum absolute atomic E-state index is 0.0515. The quantitative estimate of drug-likeness (QED) is 0.855. The van der Waals surface area contributed by atoms with Crippen molar-refractivity contribution in [3.63, 3.8) is 0 Å². The number of carbonyl (C=O) groups is 1. The summed E-state index contributed by atoms with van der Waals surface area (Å²) in [5, 5.41) is 2.71. The van der Waals surface area contributed by atoms with Gasteiger partial charge in [-0.2, -0.15) is 0 Å². The Morgan fingerprint density at radius 2 is 2.18 bits per heavy atom. The third-order valence-corrected chi connectivity index (χ3v) is 2.57. The van der Waals surface area contributed by atoms with E-state index in [9.17, 15) is 4.79 Å². The number of aromatic nitrogens is 1. The molecule has 17 heavy (non-hydrogen) atoms. The van der Waals surface area contributed by atoms with Gasteiger partial charge in [0.25, 0.3) is 0 Å². The average molecular weight is 236 g/mol. The molecule has 0 saturated heterocycles. The van der Waals surface area contributed by atoms with Crippen molar-refractivity contribution in [3.8, 4) is 5.75 Å². The van der Waals surface area contributed by atoms with Crippen molar-refractivity contribution >= 4 is 11.7 Å². The molecule has 0 bridgehead atoms. The Kier molecular flexibility index (Phi) is 4.49. The molecule has 1 aromatic rings. The topological polar surface area (TPSA) is 51.2 Å². The fraction of sp³-hybridized carbons (Fsp3) is 0.538. The molecule has 0 saturated carbocycles. The minimum Gasteiger partial charge on any atom is -0.488 e. The van der Waals surface area contributed by atoms with Crippen LogP contribution in [0, 0.1) is 0 Å². The summed E-state index contributed by atoms with van der Waals surface area (Å²) in [6.45, 7) is 7.92. The molecular weight excluding hydrogens is 216 g/mol. The van der Waals surface area contributed by atoms with E-state index in [4.69, 9.17) is 4.74 Å². The van der Waals surface area contributed by atoms with Gasteiger partial charge in [-0.3, -0.25) is 4.79 Å². The predicted octanol–water partition coefficient (Wildman–Crippen LogP) is 3.00. The zero-order valence-corrected chi connectivity index (χ0v) is 10.9. The van der Waals surface area contributed by atoms with E-state index in [0.717, 1.165) is 12.2 Å². The second kappa shape index (κ2) is 5.66. The molecule has 1 amide bonds. The molecule has 0 aliphatic carbocycles. The van der Waals surface area contributed by atoms with Crippen LogP contribution in [0.5, 0.6) is 5.75 Å². The number of pyridine rings is 1. The highest BCUT2D eigenvalue weighted by molar-refractivity contribution is 5.89. The lowest BCUT2D eigenvalue weighted by atomic mass is 10.1. The molecule has 0 unspecified atom stereocenters. The third kappa shape index (κ3) is 4.43. The fourth-order valence-electron chi connectivity index (χ4n) is 1.17. The van der Waals surface area contributed by atoms with Crippen molar-refractivity contribution in [2.45, 2.75) is 46.1 Å². The van der Waals surface area contributed by atoms with Gasteiger partial charge in [-0.1, -0.05) is 13.8 Å². The third-order valence-electron chi connectivity index (χ3n) is 2.57. The Bertz CT molecular complexity index is 389. The van der Waals surface area contributed by atoms with Crippen molar-refractivity contribution in [1.82, 2.24) is 4.98 Å². The molecule has 4 nitrogen and oxygen atoms in total. The molecule has 0 aliphatic heterocycles. The van der Waals surface area contributed by atoms with Gasteiger partial charge < -0.3 is 10.1 Å². The first kappa shape index (κ1) is 13.5. The molecule has 4 heteroatoms. The van der Waals surface area contributed by atoms with E-state index < -0.39 is 0 Å². The number of carbonyl (C=O) groups excluding carboxylic acids is 1. The lowest BCUT2D eigenvalue weighted by molar-refractivity contribution is -0.115. The molecule has 0 radical (unpaired) electrons. The first-order chi connectivity index (χ1) is 7.96. The first-order valence-electron chi connectivity index (χ1n) is 5.91. The minimum atomic E-state index is -0.215. The van der Waals surface area contributed by atoms with E-state index in [-0.39, 0.29) is 11.5 Å². The second-order valence-corrected chi connectivity index (χ2v) is 4.49. The Morgan fingerprint density at radius 3 is 2.76 bits per heavy atom. The Morgan fingerprint density at radius 1 is 1.47 bits per heavy atom. The van der Waals surface area contributed by atoms with Gasteiger partial charge in [0.1, 0.15) is 17.2 Å². The fourth-order valence-corrected chi connectivity index (χ4v) is 1.17. The predicted molar refractivity (Wildman–Crippen MR) is 68.2 cm³/mol. The lowest BCUT2D eigenvalue weighted by Crippen LogP contribution is -2.26. The van der Waals surface area contributed by atoms with Crippen LogP contribution in [0.1, 0.15) is 40.5 Å². The van der Waals surface area contributed by atoms with E-state index >= 15 is 0 Å². The van der Waals surface area contributed by atoms with Crippen LogP contribution < -0.4 is 10.1 Å². The van der Waals surface area contributed by atoms with Crippen LogP contribution in [0.3, 0.4) is 0 Å². The highest BCUT2D eigenvalue weighted by Gasteiger charge is 2.17. The van der Waals surface area contributed by atoms with Gasteiger partial charge in [-0.25, -0.2) is 4.98 Å². The maximum atomic E-state index is 11.2. The maximum Gasteiger partial charge on any atom is 0.225 e. The lowest BCUT2D eigenvalue weighted by Gasteiger charge is -2.24. The Labute approximate surface area is 102 Å². The van der Waals surface area contributed by atoms with E-state index in [1.54, 1.807) is 25.3 Å². The van der Waals surface area contributed by atoms with Crippen molar-refractivity contribution < 1.29 is 9.53 Å². The number of amides is 1. The molecular formula is C13H20N2O2. The van der Waals surface area contributed by atoms with Crippen LogP contribution in [0.4, 0.5) is 5.82 Å². The van der Waals surface area contributed by atoms with Crippen LogP contribution in [0.15, 0.2) is 18.3 Å². The number of hydrogen-bond donors (Lipinski definition) is 1. The van der Waals surface area contributed by atoms with Crippen LogP contribution in [-0.2, 0) is 4.79 Å². The van der Waals surface area contributed by atoms with E-state index in [1.165, 1.54) is 0 Å². The van der Waals surface area contributed by atoms with Crippen molar-refractivity contribution in [1.29, 1.82) is 0 Å². The maximum absolute atomic E-state index is 11.2. The van der Waals surface area contributed by atoms with E-state index in [1.807, 2.05) is 13.8 Å². The summed E-state index contributed by atoms with van der Waals surface area (Å²) in [5.41, 5.74) is -0.215. The average Bonchev–Trinajstić information content (AvgIpc) is 2.29. The summed E-state index contributed by atoms with van der Waals surface area (Å²) in [6.07, 6.45) is 2.98. The van der Waals surface area contributed by atoms with Gasteiger partial charge in [0.2, 0.25) is 5.91 Å². The summed E-state index contributed by atoms with van der Waals surface area (Å²) < 4.78 is 5.82. The molecule has 1 N–H and O–H groups in total.